The van der Waals surface area contributed by atoms with Gasteiger partial charge in [-0.3, -0.25) is 14.4 Å². The van der Waals surface area contributed by atoms with Gasteiger partial charge in [0.25, 0.3) is 5.56 Å². The van der Waals surface area contributed by atoms with Crippen molar-refractivity contribution < 1.29 is 9.84 Å². The molecule has 0 aliphatic carbocycles. The standard InChI is InChI=1S/C23H26N2O3/c1-16(2)12-13-24-14-21-19-6-4-5-7-20(19)22(26)25(23(21)27)15-17-8-10-18(28-3)11-9-17/h4-11,14,16,27H,12-13,15H2,1-3H3. The van der Waals surface area contributed by atoms with Crippen LogP contribution in [0.2, 0.25) is 0 Å². The van der Waals surface area contributed by atoms with Crippen molar-refractivity contribution in [1.29, 1.82) is 0 Å². The van der Waals surface area contributed by atoms with E-state index in [4.69, 9.17) is 4.74 Å². The fourth-order valence-corrected chi connectivity index (χ4v) is 3.09. The molecule has 0 saturated carbocycles. The first kappa shape index (κ1) is 19.7. The van der Waals surface area contributed by atoms with Crippen molar-refractivity contribution in [1.82, 2.24) is 4.57 Å². The summed E-state index contributed by atoms with van der Waals surface area (Å²) in [6.45, 7) is 5.25. The molecule has 0 spiro atoms. The number of hydrogen-bond donors (Lipinski definition) is 1. The average molecular weight is 378 g/mol. The summed E-state index contributed by atoms with van der Waals surface area (Å²) in [7, 11) is 1.61. The van der Waals surface area contributed by atoms with Crippen molar-refractivity contribution in [2.75, 3.05) is 13.7 Å². The number of rotatable bonds is 7. The summed E-state index contributed by atoms with van der Waals surface area (Å²) in [4.78, 5) is 17.5. The monoisotopic (exact) mass is 378 g/mol. The number of aromatic hydroxyl groups is 1. The Kier molecular flexibility index (Phi) is 6.14. The molecule has 146 valence electrons. The Labute approximate surface area is 164 Å². The second-order valence-electron chi connectivity index (χ2n) is 7.24. The lowest BCUT2D eigenvalue weighted by molar-refractivity contribution is 0.412. The number of nitrogens with zero attached hydrogens (tertiary/aromatic N) is 2. The second kappa shape index (κ2) is 8.74. The Morgan fingerprint density at radius 3 is 2.43 bits per heavy atom. The van der Waals surface area contributed by atoms with E-state index < -0.39 is 0 Å². The zero-order chi connectivity index (χ0) is 20.1. The smallest absolute Gasteiger partial charge is 0.261 e. The second-order valence-corrected chi connectivity index (χ2v) is 7.24. The number of aromatic nitrogens is 1. The van der Waals surface area contributed by atoms with Crippen LogP contribution in [0.15, 0.2) is 58.3 Å². The van der Waals surface area contributed by atoms with Gasteiger partial charge >= 0.3 is 0 Å². The highest BCUT2D eigenvalue weighted by Crippen LogP contribution is 2.24. The Hall–Kier alpha value is -3.08. The SMILES string of the molecule is COc1ccc(Cn2c(O)c(C=NCCC(C)C)c3ccccc3c2=O)cc1. The van der Waals surface area contributed by atoms with Crippen LogP contribution >= 0.6 is 0 Å². The van der Waals surface area contributed by atoms with Crippen molar-refractivity contribution >= 4 is 17.0 Å². The largest absolute Gasteiger partial charge is 0.497 e. The summed E-state index contributed by atoms with van der Waals surface area (Å²) in [6, 6.07) is 14.8. The van der Waals surface area contributed by atoms with E-state index in [0.717, 1.165) is 17.7 Å². The number of pyridine rings is 1. The maximum absolute atomic E-state index is 13.0. The van der Waals surface area contributed by atoms with Crippen molar-refractivity contribution in [2.45, 2.75) is 26.8 Å². The highest BCUT2D eigenvalue weighted by Gasteiger charge is 2.15. The molecule has 1 aromatic heterocycles. The van der Waals surface area contributed by atoms with Crippen LogP contribution in [-0.2, 0) is 6.54 Å². The molecular weight excluding hydrogens is 352 g/mol. The molecule has 1 N–H and O–H groups in total. The molecule has 0 aliphatic heterocycles. The summed E-state index contributed by atoms with van der Waals surface area (Å²) in [5.74, 6) is 1.25. The number of methoxy groups -OCH3 is 1. The van der Waals surface area contributed by atoms with Crippen LogP contribution < -0.4 is 10.3 Å². The number of hydrogen-bond acceptors (Lipinski definition) is 4. The molecule has 0 radical (unpaired) electrons. The predicted octanol–water partition coefficient (Wildman–Crippen LogP) is 4.23. The molecule has 0 fully saturated rings. The lowest BCUT2D eigenvalue weighted by Gasteiger charge is -2.14. The van der Waals surface area contributed by atoms with Crippen LogP contribution in [0.25, 0.3) is 10.8 Å². The van der Waals surface area contributed by atoms with Gasteiger partial charge in [-0.05, 0) is 36.1 Å². The summed E-state index contributed by atoms with van der Waals surface area (Å²) in [5, 5.41) is 12.2. The molecule has 2 aromatic carbocycles. The Balaban J connectivity index is 2.05. The van der Waals surface area contributed by atoms with E-state index in [0.29, 0.717) is 28.8 Å². The van der Waals surface area contributed by atoms with Crippen LogP contribution in [0.3, 0.4) is 0 Å². The zero-order valence-corrected chi connectivity index (χ0v) is 16.6. The zero-order valence-electron chi connectivity index (χ0n) is 16.6. The molecule has 1 heterocycles. The van der Waals surface area contributed by atoms with E-state index in [1.54, 1.807) is 19.4 Å². The van der Waals surface area contributed by atoms with E-state index in [2.05, 4.69) is 18.8 Å². The summed E-state index contributed by atoms with van der Waals surface area (Å²) in [6.07, 6.45) is 2.66. The fraction of sp³-hybridized carbons (Fsp3) is 0.304. The van der Waals surface area contributed by atoms with Crippen molar-refractivity contribution in [3.05, 3.63) is 70.0 Å². The van der Waals surface area contributed by atoms with Crippen molar-refractivity contribution in [3.63, 3.8) is 0 Å². The predicted molar refractivity (Wildman–Crippen MR) is 114 cm³/mol. The maximum atomic E-state index is 13.0. The summed E-state index contributed by atoms with van der Waals surface area (Å²) >= 11 is 0. The number of ether oxygens (including phenoxy) is 1. The molecule has 0 unspecified atom stereocenters. The molecule has 0 aliphatic rings. The molecule has 3 rings (SSSR count). The Bertz CT molecular complexity index is 1030. The van der Waals surface area contributed by atoms with Crippen molar-refractivity contribution in [2.24, 2.45) is 10.9 Å². The normalized spacial score (nSPS) is 11.6. The van der Waals surface area contributed by atoms with Crippen molar-refractivity contribution in [3.8, 4) is 11.6 Å². The van der Waals surface area contributed by atoms with Gasteiger partial charge in [-0.25, -0.2) is 0 Å². The van der Waals surface area contributed by atoms with Crippen LogP contribution in [-0.4, -0.2) is 29.5 Å². The minimum atomic E-state index is -0.219. The first-order valence-electron chi connectivity index (χ1n) is 9.48. The van der Waals surface area contributed by atoms with Gasteiger partial charge in [0.05, 0.1) is 19.2 Å². The van der Waals surface area contributed by atoms with E-state index in [-0.39, 0.29) is 18.0 Å². The van der Waals surface area contributed by atoms with Gasteiger partial charge in [-0.2, -0.15) is 0 Å². The molecule has 0 atom stereocenters. The highest BCUT2D eigenvalue weighted by atomic mass is 16.5. The number of benzene rings is 2. The summed E-state index contributed by atoms with van der Waals surface area (Å²) < 4.78 is 6.58. The van der Waals surface area contributed by atoms with Gasteiger partial charge in [0.15, 0.2) is 0 Å². The molecule has 5 nitrogen and oxygen atoms in total. The quantitative estimate of drug-likeness (QED) is 0.626. The first-order valence-corrected chi connectivity index (χ1v) is 9.48. The van der Waals surface area contributed by atoms with E-state index in [1.165, 1.54) is 4.57 Å². The van der Waals surface area contributed by atoms with Crippen LogP contribution in [0.1, 0.15) is 31.4 Å². The lowest BCUT2D eigenvalue weighted by atomic mass is 10.1. The van der Waals surface area contributed by atoms with Gasteiger partial charge in [-0.1, -0.05) is 44.2 Å². The molecule has 3 aromatic rings. The highest BCUT2D eigenvalue weighted by molar-refractivity contribution is 6.01. The lowest BCUT2D eigenvalue weighted by Crippen LogP contribution is -2.22. The number of fused-ring (bicyclic) bond motifs is 1. The van der Waals surface area contributed by atoms with Crippen LogP contribution in [0.4, 0.5) is 0 Å². The fourth-order valence-electron chi connectivity index (χ4n) is 3.09. The van der Waals surface area contributed by atoms with Crippen LogP contribution in [0.5, 0.6) is 11.6 Å². The first-order chi connectivity index (χ1) is 13.5. The third kappa shape index (κ3) is 4.25. The minimum Gasteiger partial charge on any atom is -0.497 e. The molecule has 0 bridgehead atoms. The third-order valence-corrected chi connectivity index (χ3v) is 4.75. The molecule has 0 saturated heterocycles. The molecular formula is C23H26N2O3. The molecule has 0 amide bonds. The van der Waals surface area contributed by atoms with Gasteiger partial charge in [-0.15, -0.1) is 0 Å². The maximum Gasteiger partial charge on any atom is 0.261 e. The van der Waals surface area contributed by atoms with E-state index in [9.17, 15) is 9.90 Å². The topological polar surface area (TPSA) is 63.8 Å². The minimum absolute atomic E-state index is 0.0622. The van der Waals surface area contributed by atoms with Gasteiger partial charge in [0, 0.05) is 23.5 Å². The molecule has 28 heavy (non-hydrogen) atoms. The summed E-state index contributed by atoms with van der Waals surface area (Å²) in [5.41, 5.74) is 1.26. The van der Waals surface area contributed by atoms with Gasteiger partial charge < -0.3 is 9.84 Å². The average Bonchev–Trinajstić information content (AvgIpc) is 2.71. The Morgan fingerprint density at radius 1 is 1.11 bits per heavy atom. The van der Waals surface area contributed by atoms with Gasteiger partial charge in [0.1, 0.15) is 5.75 Å². The Morgan fingerprint density at radius 2 is 1.79 bits per heavy atom. The van der Waals surface area contributed by atoms with Gasteiger partial charge in [0.2, 0.25) is 5.88 Å². The van der Waals surface area contributed by atoms with E-state index in [1.807, 2.05) is 42.5 Å². The number of aliphatic imine (C=N–C) groups is 1. The third-order valence-electron chi connectivity index (χ3n) is 4.75. The van der Waals surface area contributed by atoms with Crippen LogP contribution in [0, 0.1) is 5.92 Å². The van der Waals surface area contributed by atoms with E-state index >= 15 is 0 Å². The molecule has 5 heteroatoms.